The Kier molecular flexibility index (Phi) is 4.01. The number of aromatic nitrogens is 4. The molecular weight excluding hydrogens is 232 g/mol. The molecule has 6 nitrogen and oxygen atoms in total. The number of aryl methyl sites for hydroxylation is 2. The number of nitrogens with zero attached hydrogens (tertiary/aromatic N) is 3. The Labute approximate surface area is 104 Å². The first-order valence-corrected chi connectivity index (χ1v) is 5.77. The Morgan fingerprint density at radius 3 is 3.06 bits per heavy atom. The summed E-state index contributed by atoms with van der Waals surface area (Å²) in [6.45, 7) is 2.06. The van der Waals surface area contributed by atoms with Crippen LogP contribution in [0.15, 0.2) is 24.5 Å². The molecule has 0 spiro atoms. The van der Waals surface area contributed by atoms with Crippen molar-refractivity contribution in [3.63, 3.8) is 0 Å². The average molecular weight is 246 g/mol. The van der Waals surface area contributed by atoms with E-state index >= 15 is 0 Å². The van der Waals surface area contributed by atoms with E-state index in [2.05, 4.69) is 20.2 Å². The maximum absolute atomic E-state index is 11.4. The Hall–Kier alpha value is -2.24. The number of nitrogens with one attached hydrogen (secondary N) is 1. The molecule has 0 aliphatic heterocycles. The highest BCUT2D eigenvalue weighted by Gasteiger charge is 2.12. The average Bonchev–Trinajstić information content (AvgIpc) is 2.87. The van der Waals surface area contributed by atoms with Crippen molar-refractivity contribution in [2.45, 2.75) is 19.8 Å². The van der Waals surface area contributed by atoms with Crippen LogP contribution in [0.25, 0.3) is 0 Å². The van der Waals surface area contributed by atoms with Gasteiger partial charge in [0.15, 0.2) is 0 Å². The fourth-order valence-corrected chi connectivity index (χ4v) is 1.50. The normalized spacial score (nSPS) is 10.3. The molecule has 0 aliphatic carbocycles. The number of pyridine rings is 1. The van der Waals surface area contributed by atoms with Crippen LogP contribution in [0, 0.1) is 0 Å². The second kappa shape index (κ2) is 5.90. The molecular formula is C12H14N4O2. The summed E-state index contributed by atoms with van der Waals surface area (Å²) in [5.74, 6) is 0.251. The molecule has 1 N–H and O–H groups in total. The molecule has 0 fully saturated rings. The first kappa shape index (κ1) is 12.2. The third-order valence-electron chi connectivity index (χ3n) is 2.36. The molecule has 2 aromatic heterocycles. The first-order chi connectivity index (χ1) is 8.79. The van der Waals surface area contributed by atoms with Crippen molar-refractivity contribution in [3.05, 3.63) is 41.7 Å². The molecule has 0 amide bonds. The molecule has 94 valence electrons. The summed E-state index contributed by atoms with van der Waals surface area (Å²) in [5, 5.41) is 6.55. The van der Waals surface area contributed by atoms with Gasteiger partial charge in [0, 0.05) is 18.8 Å². The summed E-state index contributed by atoms with van der Waals surface area (Å²) in [6.07, 6.45) is 5.02. The SMILES string of the molecule is CCOC(=O)c1n[nH]c(CCc2cccnc2)n1. The third kappa shape index (κ3) is 3.13. The summed E-state index contributed by atoms with van der Waals surface area (Å²) in [4.78, 5) is 19.5. The van der Waals surface area contributed by atoms with Crippen molar-refractivity contribution in [2.75, 3.05) is 6.61 Å². The molecule has 0 saturated carbocycles. The smallest absolute Gasteiger partial charge is 0.378 e. The van der Waals surface area contributed by atoms with Gasteiger partial charge in [0.1, 0.15) is 5.82 Å². The molecule has 6 heteroatoms. The van der Waals surface area contributed by atoms with Crippen LogP contribution in [0.5, 0.6) is 0 Å². The second-order valence-corrected chi connectivity index (χ2v) is 3.69. The van der Waals surface area contributed by atoms with Crippen LogP contribution >= 0.6 is 0 Å². The highest BCUT2D eigenvalue weighted by atomic mass is 16.5. The van der Waals surface area contributed by atoms with Gasteiger partial charge in [-0.3, -0.25) is 10.1 Å². The first-order valence-electron chi connectivity index (χ1n) is 5.77. The van der Waals surface area contributed by atoms with Gasteiger partial charge in [-0.2, -0.15) is 0 Å². The minimum atomic E-state index is -0.499. The van der Waals surface area contributed by atoms with Gasteiger partial charge in [-0.15, -0.1) is 5.10 Å². The number of ether oxygens (including phenoxy) is 1. The van der Waals surface area contributed by atoms with Crippen molar-refractivity contribution in [2.24, 2.45) is 0 Å². The standard InChI is InChI=1S/C12H14N4O2/c1-2-18-12(17)11-14-10(15-16-11)6-5-9-4-3-7-13-8-9/h3-4,7-8H,2,5-6H2,1H3,(H,14,15,16). The minimum absolute atomic E-state index is 0.0815. The fourth-order valence-electron chi connectivity index (χ4n) is 1.50. The number of hydrogen-bond acceptors (Lipinski definition) is 5. The molecule has 2 rings (SSSR count). The van der Waals surface area contributed by atoms with Crippen LogP contribution in [0.4, 0.5) is 0 Å². The van der Waals surface area contributed by atoms with Crippen molar-refractivity contribution in [3.8, 4) is 0 Å². The number of esters is 1. The second-order valence-electron chi connectivity index (χ2n) is 3.69. The molecule has 2 aromatic rings. The van der Waals surface area contributed by atoms with Gasteiger partial charge in [-0.1, -0.05) is 6.07 Å². The predicted molar refractivity (Wildman–Crippen MR) is 64.0 cm³/mol. The van der Waals surface area contributed by atoms with E-state index < -0.39 is 5.97 Å². The lowest BCUT2D eigenvalue weighted by Crippen LogP contribution is -2.06. The van der Waals surface area contributed by atoms with Crippen LogP contribution in [0.1, 0.15) is 28.9 Å². The van der Waals surface area contributed by atoms with E-state index in [-0.39, 0.29) is 5.82 Å². The largest absolute Gasteiger partial charge is 0.460 e. The van der Waals surface area contributed by atoms with E-state index in [9.17, 15) is 4.79 Å². The summed E-state index contributed by atoms with van der Waals surface area (Å²) >= 11 is 0. The summed E-state index contributed by atoms with van der Waals surface area (Å²) in [6, 6.07) is 3.88. The van der Waals surface area contributed by atoms with Gasteiger partial charge in [0.2, 0.25) is 0 Å². The highest BCUT2D eigenvalue weighted by molar-refractivity contribution is 5.84. The van der Waals surface area contributed by atoms with Crippen LogP contribution in [-0.4, -0.2) is 32.7 Å². The summed E-state index contributed by atoms with van der Waals surface area (Å²) in [7, 11) is 0. The van der Waals surface area contributed by atoms with Crippen molar-refractivity contribution in [1.82, 2.24) is 20.2 Å². The minimum Gasteiger partial charge on any atom is -0.460 e. The topological polar surface area (TPSA) is 80.8 Å². The molecule has 0 bridgehead atoms. The Morgan fingerprint density at radius 1 is 1.44 bits per heavy atom. The van der Waals surface area contributed by atoms with Crippen molar-refractivity contribution >= 4 is 5.97 Å². The molecule has 0 radical (unpaired) electrons. The van der Waals surface area contributed by atoms with Gasteiger partial charge in [0.05, 0.1) is 6.61 Å². The molecule has 0 unspecified atom stereocenters. The van der Waals surface area contributed by atoms with Crippen molar-refractivity contribution < 1.29 is 9.53 Å². The monoisotopic (exact) mass is 246 g/mol. The number of H-pyrrole nitrogens is 1. The lowest BCUT2D eigenvalue weighted by Gasteiger charge is -1.97. The zero-order chi connectivity index (χ0) is 12.8. The lowest BCUT2D eigenvalue weighted by atomic mass is 10.1. The van der Waals surface area contributed by atoms with Crippen LogP contribution in [0.2, 0.25) is 0 Å². The van der Waals surface area contributed by atoms with E-state index in [0.29, 0.717) is 18.9 Å². The number of hydrogen-bond donors (Lipinski definition) is 1. The highest BCUT2D eigenvalue weighted by Crippen LogP contribution is 2.03. The van der Waals surface area contributed by atoms with Gasteiger partial charge in [-0.25, -0.2) is 9.78 Å². The van der Waals surface area contributed by atoms with Gasteiger partial charge in [-0.05, 0) is 25.0 Å². The summed E-state index contributed by atoms with van der Waals surface area (Å²) < 4.78 is 4.81. The number of aromatic amines is 1. The van der Waals surface area contributed by atoms with E-state index in [0.717, 1.165) is 12.0 Å². The van der Waals surface area contributed by atoms with E-state index in [1.807, 2.05) is 18.3 Å². The number of rotatable bonds is 5. The molecule has 0 aliphatic rings. The maximum Gasteiger partial charge on any atom is 0.378 e. The van der Waals surface area contributed by atoms with E-state index in [4.69, 9.17) is 4.74 Å². The lowest BCUT2D eigenvalue weighted by molar-refractivity contribution is 0.0512. The molecule has 0 saturated heterocycles. The maximum atomic E-state index is 11.4. The Balaban J connectivity index is 1.93. The van der Waals surface area contributed by atoms with E-state index in [1.165, 1.54) is 0 Å². The quantitative estimate of drug-likeness (QED) is 0.801. The summed E-state index contributed by atoms with van der Waals surface area (Å²) in [5.41, 5.74) is 1.12. The molecule has 0 atom stereocenters. The molecule has 18 heavy (non-hydrogen) atoms. The predicted octanol–water partition coefficient (Wildman–Crippen LogP) is 1.16. The van der Waals surface area contributed by atoms with E-state index in [1.54, 1.807) is 13.1 Å². The Morgan fingerprint density at radius 2 is 2.33 bits per heavy atom. The molecule has 0 aromatic carbocycles. The van der Waals surface area contributed by atoms with Crippen LogP contribution in [0.3, 0.4) is 0 Å². The Bertz CT molecular complexity index is 510. The number of carbonyl (C=O) groups is 1. The van der Waals surface area contributed by atoms with Crippen molar-refractivity contribution in [1.29, 1.82) is 0 Å². The molecule has 2 heterocycles. The fraction of sp³-hybridized carbons (Fsp3) is 0.333. The van der Waals surface area contributed by atoms with Crippen LogP contribution < -0.4 is 0 Å². The van der Waals surface area contributed by atoms with Gasteiger partial charge >= 0.3 is 5.97 Å². The number of carbonyl (C=O) groups excluding carboxylic acids is 1. The van der Waals surface area contributed by atoms with Gasteiger partial charge < -0.3 is 4.74 Å². The zero-order valence-corrected chi connectivity index (χ0v) is 10.1. The van der Waals surface area contributed by atoms with Gasteiger partial charge in [0.25, 0.3) is 5.82 Å². The zero-order valence-electron chi connectivity index (χ0n) is 10.1. The third-order valence-corrected chi connectivity index (χ3v) is 2.36. The van der Waals surface area contributed by atoms with Crippen LogP contribution in [-0.2, 0) is 17.6 Å².